The van der Waals surface area contributed by atoms with Gasteiger partial charge in [-0.2, -0.15) is 13.2 Å². The Kier molecular flexibility index (Phi) is 5.13. The molecule has 1 fully saturated rings. The first-order valence-corrected chi connectivity index (χ1v) is 7.75. The van der Waals surface area contributed by atoms with Crippen LogP contribution in [0.25, 0.3) is 0 Å². The summed E-state index contributed by atoms with van der Waals surface area (Å²) >= 11 is 3.39. The third-order valence-corrected chi connectivity index (χ3v) is 4.49. The van der Waals surface area contributed by atoms with E-state index < -0.39 is 18.1 Å². The van der Waals surface area contributed by atoms with Gasteiger partial charge in [0.05, 0.1) is 5.92 Å². The molecule has 1 aromatic carbocycles. The normalized spacial score (nSPS) is 25.4. The number of hydrogen-bond acceptors (Lipinski definition) is 1. The van der Waals surface area contributed by atoms with Gasteiger partial charge in [-0.1, -0.05) is 40.9 Å². The first-order chi connectivity index (χ1) is 9.38. The Bertz CT molecular complexity index is 447. The highest BCUT2D eigenvalue weighted by molar-refractivity contribution is 9.10. The second-order valence-electron chi connectivity index (χ2n) is 5.48. The van der Waals surface area contributed by atoms with Crippen LogP contribution in [0.15, 0.2) is 28.7 Å². The summed E-state index contributed by atoms with van der Waals surface area (Å²) in [6.07, 6.45) is -1.72. The first kappa shape index (κ1) is 15.8. The zero-order valence-electron chi connectivity index (χ0n) is 11.4. The Morgan fingerprint density at radius 2 is 1.95 bits per heavy atom. The number of benzene rings is 1. The standard InChI is InChI=1S/C15H19BrF3N/c1-10(11-5-4-6-12(16)9-11)20-14-8-3-2-7-13(14)15(17,18)19/h4-6,9-10,13-14,20H,2-3,7-8H2,1H3/t10-,13?,14?/m0/s1. The third kappa shape index (κ3) is 3.98. The van der Waals surface area contributed by atoms with E-state index >= 15 is 0 Å². The number of hydrogen-bond donors (Lipinski definition) is 1. The second kappa shape index (κ2) is 6.48. The summed E-state index contributed by atoms with van der Waals surface area (Å²) in [6, 6.07) is 7.14. The molecule has 1 aliphatic carbocycles. The van der Waals surface area contributed by atoms with Crippen LogP contribution in [0.2, 0.25) is 0 Å². The Morgan fingerprint density at radius 1 is 1.25 bits per heavy atom. The van der Waals surface area contributed by atoms with Crippen molar-refractivity contribution in [2.75, 3.05) is 0 Å². The van der Waals surface area contributed by atoms with E-state index in [9.17, 15) is 13.2 Å². The first-order valence-electron chi connectivity index (χ1n) is 6.96. The SMILES string of the molecule is C[C@H](NC1CCCCC1C(F)(F)F)c1cccc(Br)c1. The molecule has 1 N–H and O–H groups in total. The summed E-state index contributed by atoms with van der Waals surface area (Å²) in [5.41, 5.74) is 1.01. The van der Waals surface area contributed by atoms with Crippen molar-refractivity contribution in [3.8, 4) is 0 Å². The van der Waals surface area contributed by atoms with Crippen LogP contribution >= 0.6 is 15.9 Å². The van der Waals surface area contributed by atoms with Crippen molar-refractivity contribution in [3.63, 3.8) is 0 Å². The highest BCUT2D eigenvalue weighted by Crippen LogP contribution is 2.38. The van der Waals surface area contributed by atoms with Gasteiger partial charge in [-0.05, 0) is 37.5 Å². The molecule has 0 radical (unpaired) electrons. The molecule has 0 aliphatic heterocycles. The van der Waals surface area contributed by atoms with E-state index in [1.807, 2.05) is 31.2 Å². The van der Waals surface area contributed by atoms with Crippen LogP contribution in [-0.4, -0.2) is 12.2 Å². The summed E-state index contributed by atoms with van der Waals surface area (Å²) in [7, 11) is 0. The lowest BCUT2D eigenvalue weighted by atomic mass is 9.83. The topological polar surface area (TPSA) is 12.0 Å². The number of rotatable bonds is 3. The van der Waals surface area contributed by atoms with E-state index in [0.717, 1.165) is 16.5 Å². The van der Waals surface area contributed by atoms with Gasteiger partial charge in [0.25, 0.3) is 0 Å². The molecule has 5 heteroatoms. The van der Waals surface area contributed by atoms with Crippen LogP contribution in [0.1, 0.15) is 44.2 Å². The minimum atomic E-state index is -4.10. The van der Waals surface area contributed by atoms with Crippen molar-refractivity contribution in [2.45, 2.75) is 50.9 Å². The molecule has 2 rings (SSSR count). The fourth-order valence-electron chi connectivity index (χ4n) is 2.92. The monoisotopic (exact) mass is 349 g/mol. The van der Waals surface area contributed by atoms with Gasteiger partial charge in [-0.25, -0.2) is 0 Å². The summed E-state index contributed by atoms with van der Waals surface area (Å²) in [4.78, 5) is 0. The van der Waals surface area contributed by atoms with E-state index in [1.165, 1.54) is 0 Å². The molecular formula is C15H19BrF3N. The third-order valence-electron chi connectivity index (χ3n) is 4.00. The Morgan fingerprint density at radius 3 is 2.60 bits per heavy atom. The zero-order chi connectivity index (χ0) is 14.8. The van der Waals surface area contributed by atoms with Crippen molar-refractivity contribution in [3.05, 3.63) is 34.3 Å². The van der Waals surface area contributed by atoms with E-state index in [-0.39, 0.29) is 12.5 Å². The van der Waals surface area contributed by atoms with Crippen molar-refractivity contribution in [1.29, 1.82) is 0 Å². The van der Waals surface area contributed by atoms with E-state index in [4.69, 9.17) is 0 Å². The molecular weight excluding hydrogens is 331 g/mol. The van der Waals surface area contributed by atoms with E-state index in [2.05, 4.69) is 21.2 Å². The molecule has 0 saturated heterocycles. The van der Waals surface area contributed by atoms with Crippen LogP contribution in [0.4, 0.5) is 13.2 Å². The van der Waals surface area contributed by atoms with Crippen molar-refractivity contribution in [1.82, 2.24) is 5.32 Å². The quantitative estimate of drug-likeness (QED) is 0.788. The van der Waals surface area contributed by atoms with Crippen LogP contribution in [0.5, 0.6) is 0 Å². The smallest absolute Gasteiger partial charge is 0.307 e. The second-order valence-corrected chi connectivity index (χ2v) is 6.40. The molecule has 1 nitrogen and oxygen atoms in total. The molecule has 1 aromatic rings. The fourth-order valence-corrected chi connectivity index (χ4v) is 3.33. The van der Waals surface area contributed by atoms with Crippen LogP contribution in [-0.2, 0) is 0 Å². The fraction of sp³-hybridized carbons (Fsp3) is 0.600. The summed E-state index contributed by atoms with van der Waals surface area (Å²) in [6.45, 7) is 1.92. The lowest BCUT2D eigenvalue weighted by Gasteiger charge is -2.35. The lowest BCUT2D eigenvalue weighted by molar-refractivity contribution is -0.189. The molecule has 0 spiro atoms. The maximum absolute atomic E-state index is 13.1. The van der Waals surface area contributed by atoms with Gasteiger partial charge < -0.3 is 5.32 Å². The Balaban J connectivity index is 2.07. The maximum Gasteiger partial charge on any atom is 0.393 e. The van der Waals surface area contributed by atoms with Gasteiger partial charge in [-0.3, -0.25) is 0 Å². The van der Waals surface area contributed by atoms with Crippen molar-refractivity contribution < 1.29 is 13.2 Å². The largest absolute Gasteiger partial charge is 0.393 e. The van der Waals surface area contributed by atoms with Crippen molar-refractivity contribution in [2.24, 2.45) is 5.92 Å². The summed E-state index contributed by atoms with van der Waals surface area (Å²) < 4.78 is 40.1. The van der Waals surface area contributed by atoms with Crippen LogP contribution in [0, 0.1) is 5.92 Å². The molecule has 112 valence electrons. The van der Waals surface area contributed by atoms with Gasteiger partial charge in [0, 0.05) is 16.6 Å². The summed E-state index contributed by atoms with van der Waals surface area (Å²) in [5, 5.41) is 3.18. The number of alkyl halides is 3. The summed E-state index contributed by atoms with van der Waals surface area (Å²) in [5.74, 6) is -1.22. The van der Waals surface area contributed by atoms with Crippen molar-refractivity contribution >= 4 is 15.9 Å². The molecule has 20 heavy (non-hydrogen) atoms. The van der Waals surface area contributed by atoms with E-state index in [0.29, 0.717) is 12.8 Å². The van der Waals surface area contributed by atoms with Gasteiger partial charge in [0.1, 0.15) is 0 Å². The van der Waals surface area contributed by atoms with Crippen LogP contribution < -0.4 is 5.32 Å². The molecule has 2 unspecified atom stereocenters. The molecule has 0 amide bonds. The average molecular weight is 350 g/mol. The number of halogens is 4. The Hall–Kier alpha value is -0.550. The highest BCUT2D eigenvalue weighted by Gasteiger charge is 2.45. The molecule has 1 aliphatic rings. The predicted molar refractivity (Wildman–Crippen MR) is 77.5 cm³/mol. The average Bonchev–Trinajstić information content (AvgIpc) is 2.38. The van der Waals surface area contributed by atoms with Gasteiger partial charge in [0.15, 0.2) is 0 Å². The molecule has 1 saturated carbocycles. The molecule has 0 aromatic heterocycles. The molecule has 3 atom stereocenters. The predicted octanol–water partition coefficient (Wildman–Crippen LogP) is 5.22. The highest BCUT2D eigenvalue weighted by atomic mass is 79.9. The minimum Gasteiger partial charge on any atom is -0.307 e. The van der Waals surface area contributed by atoms with Gasteiger partial charge in [-0.15, -0.1) is 0 Å². The zero-order valence-corrected chi connectivity index (χ0v) is 13.0. The Labute approximate surface area is 126 Å². The minimum absolute atomic E-state index is 0.0829. The maximum atomic E-state index is 13.1. The number of nitrogens with one attached hydrogen (secondary N) is 1. The lowest BCUT2D eigenvalue weighted by Crippen LogP contribution is -2.46. The molecule has 0 heterocycles. The molecule has 0 bridgehead atoms. The van der Waals surface area contributed by atoms with Crippen LogP contribution in [0.3, 0.4) is 0 Å². The van der Waals surface area contributed by atoms with E-state index in [1.54, 1.807) is 0 Å². The van der Waals surface area contributed by atoms with Gasteiger partial charge in [0.2, 0.25) is 0 Å². The van der Waals surface area contributed by atoms with Gasteiger partial charge >= 0.3 is 6.18 Å².